The van der Waals surface area contributed by atoms with Crippen LogP contribution in [-0.4, -0.2) is 30.4 Å². The van der Waals surface area contributed by atoms with Crippen molar-refractivity contribution in [2.75, 3.05) is 11.9 Å². The zero-order valence-corrected chi connectivity index (χ0v) is 18.1. The molecule has 7 heteroatoms. The number of hydrogen-bond donors (Lipinski definition) is 1. The van der Waals surface area contributed by atoms with Gasteiger partial charge in [-0.25, -0.2) is 4.79 Å². The lowest BCUT2D eigenvalue weighted by molar-refractivity contribution is -0.111. The van der Waals surface area contributed by atoms with Crippen LogP contribution >= 0.6 is 11.3 Å². The molecule has 0 bridgehead atoms. The summed E-state index contributed by atoms with van der Waals surface area (Å²) in [5.41, 5.74) is 2.52. The number of benzene rings is 1. The Hall–Kier alpha value is -3.19. The van der Waals surface area contributed by atoms with Gasteiger partial charge in [0, 0.05) is 11.6 Å². The lowest BCUT2D eigenvalue weighted by Gasteiger charge is -2.22. The fraction of sp³-hybridized carbons (Fsp3) is 0.261. The molecule has 1 aliphatic heterocycles. The summed E-state index contributed by atoms with van der Waals surface area (Å²) >= 11 is 1.07. The van der Waals surface area contributed by atoms with Gasteiger partial charge < -0.3 is 14.8 Å². The molecule has 3 rings (SSSR count). The van der Waals surface area contributed by atoms with Crippen molar-refractivity contribution < 1.29 is 23.9 Å². The largest absolute Gasteiger partial charge is 0.485 e. The molecule has 0 saturated carbocycles. The van der Waals surface area contributed by atoms with Crippen molar-refractivity contribution in [1.82, 2.24) is 0 Å². The number of rotatable bonds is 6. The summed E-state index contributed by atoms with van der Waals surface area (Å²) in [5.74, 6) is -0.344. The Kier molecular flexibility index (Phi) is 6.52. The van der Waals surface area contributed by atoms with Gasteiger partial charge in [0.1, 0.15) is 16.9 Å². The van der Waals surface area contributed by atoms with Crippen LogP contribution < -0.4 is 10.1 Å². The van der Waals surface area contributed by atoms with E-state index in [0.717, 1.165) is 28.2 Å². The number of para-hydroxylation sites is 1. The van der Waals surface area contributed by atoms with Crippen LogP contribution in [0.4, 0.5) is 5.00 Å². The lowest BCUT2D eigenvalue weighted by atomic mass is 10.0. The van der Waals surface area contributed by atoms with Crippen LogP contribution in [0, 0.1) is 6.92 Å². The number of ketones is 1. The summed E-state index contributed by atoms with van der Waals surface area (Å²) in [4.78, 5) is 37.2. The smallest absolute Gasteiger partial charge is 0.341 e. The summed E-state index contributed by atoms with van der Waals surface area (Å²) in [6.45, 7) is 6.91. The van der Waals surface area contributed by atoms with Crippen molar-refractivity contribution in [2.45, 2.75) is 33.8 Å². The maximum Gasteiger partial charge on any atom is 0.341 e. The molecule has 156 valence electrons. The van der Waals surface area contributed by atoms with Gasteiger partial charge in [-0.15, -0.1) is 11.3 Å². The number of thiophene rings is 1. The Morgan fingerprint density at radius 2 is 2.00 bits per heavy atom. The molecular weight excluding hydrogens is 402 g/mol. The molecule has 6 nitrogen and oxygen atoms in total. The van der Waals surface area contributed by atoms with Crippen molar-refractivity contribution in [3.05, 3.63) is 63.6 Å². The number of amides is 1. The van der Waals surface area contributed by atoms with Crippen molar-refractivity contribution >= 4 is 40.1 Å². The van der Waals surface area contributed by atoms with Gasteiger partial charge >= 0.3 is 5.97 Å². The number of nitrogens with one attached hydrogen (secondary N) is 1. The monoisotopic (exact) mass is 425 g/mol. The molecule has 2 heterocycles. The fourth-order valence-electron chi connectivity index (χ4n) is 3.16. The molecule has 2 aromatic rings. The van der Waals surface area contributed by atoms with Gasteiger partial charge in [0.2, 0.25) is 5.91 Å². The zero-order chi connectivity index (χ0) is 21.8. The second kappa shape index (κ2) is 9.09. The van der Waals surface area contributed by atoms with Crippen LogP contribution in [-0.2, 0) is 9.53 Å². The molecule has 0 fully saturated rings. The number of carbonyl (C=O) groups is 3. The highest BCUT2D eigenvalue weighted by Crippen LogP contribution is 2.34. The summed E-state index contributed by atoms with van der Waals surface area (Å²) in [6, 6.07) is 7.68. The SMILES string of the molecule is CCOC(=O)c1c(NC(=O)/C=C/C2=Cc3ccccc3OC2C)sc(C(C)=O)c1C. The average Bonchev–Trinajstić information content (AvgIpc) is 3.02. The first-order valence-corrected chi connectivity index (χ1v) is 10.4. The predicted octanol–water partition coefficient (Wildman–Crippen LogP) is 4.80. The molecule has 0 radical (unpaired) electrons. The standard InChI is InChI=1S/C23H23NO5S/c1-5-28-23(27)20-13(2)21(14(3)25)30-22(20)24-19(26)11-10-16-12-17-8-6-7-9-18(17)29-15(16)4/h6-12,15H,5H2,1-4H3,(H,24,26)/b11-10+. The van der Waals surface area contributed by atoms with Gasteiger partial charge in [-0.3, -0.25) is 9.59 Å². The second-order valence-corrected chi connectivity index (χ2v) is 7.82. The maximum absolute atomic E-state index is 12.5. The molecule has 1 amide bonds. The quantitative estimate of drug-likeness (QED) is 0.409. The Morgan fingerprint density at radius 3 is 2.70 bits per heavy atom. The lowest BCUT2D eigenvalue weighted by Crippen LogP contribution is -2.18. The van der Waals surface area contributed by atoms with Gasteiger partial charge in [-0.05, 0) is 57.0 Å². The van der Waals surface area contributed by atoms with Crippen molar-refractivity contribution in [2.24, 2.45) is 0 Å². The van der Waals surface area contributed by atoms with Crippen LogP contribution in [0.5, 0.6) is 5.75 Å². The molecular formula is C23H23NO5S. The van der Waals surface area contributed by atoms with Crippen molar-refractivity contribution in [1.29, 1.82) is 0 Å². The van der Waals surface area contributed by atoms with E-state index in [1.807, 2.05) is 37.3 Å². The molecule has 1 unspecified atom stereocenters. The van der Waals surface area contributed by atoms with Gasteiger partial charge in [-0.2, -0.15) is 0 Å². The van der Waals surface area contributed by atoms with Gasteiger partial charge in [0.25, 0.3) is 0 Å². The summed E-state index contributed by atoms with van der Waals surface area (Å²) in [6.07, 6.45) is 4.84. The van der Waals surface area contributed by atoms with E-state index in [4.69, 9.17) is 9.47 Å². The first kappa shape index (κ1) is 21.5. The highest BCUT2D eigenvalue weighted by atomic mass is 32.1. The highest BCUT2D eigenvalue weighted by molar-refractivity contribution is 7.18. The second-order valence-electron chi connectivity index (χ2n) is 6.80. The molecule has 1 aliphatic rings. The van der Waals surface area contributed by atoms with E-state index in [0.29, 0.717) is 15.4 Å². The molecule has 1 aromatic heterocycles. The summed E-state index contributed by atoms with van der Waals surface area (Å²) < 4.78 is 11.0. The van der Waals surface area contributed by atoms with Crippen molar-refractivity contribution in [3.8, 4) is 5.75 Å². The van der Waals surface area contributed by atoms with Crippen LogP contribution in [0.15, 0.2) is 42.0 Å². The third-order valence-electron chi connectivity index (χ3n) is 4.62. The first-order valence-electron chi connectivity index (χ1n) is 9.59. The van der Waals surface area contributed by atoms with Gasteiger partial charge in [0.15, 0.2) is 5.78 Å². The van der Waals surface area contributed by atoms with Crippen LogP contribution in [0.2, 0.25) is 0 Å². The van der Waals surface area contributed by atoms with E-state index in [2.05, 4.69) is 5.32 Å². The number of carbonyl (C=O) groups excluding carboxylic acids is 3. The molecule has 1 aromatic carbocycles. The minimum atomic E-state index is -0.563. The molecule has 0 aliphatic carbocycles. The van der Waals surface area contributed by atoms with Crippen molar-refractivity contribution in [3.63, 3.8) is 0 Å². The molecule has 0 saturated heterocycles. The third kappa shape index (κ3) is 4.52. The summed E-state index contributed by atoms with van der Waals surface area (Å²) in [5, 5.41) is 3.01. The molecule has 1 atom stereocenters. The number of ether oxygens (including phenoxy) is 2. The molecule has 30 heavy (non-hydrogen) atoms. The Labute approximate surface area is 179 Å². The average molecular weight is 426 g/mol. The van der Waals surface area contributed by atoms with Crippen LogP contribution in [0.25, 0.3) is 6.08 Å². The van der Waals surface area contributed by atoms with Gasteiger partial charge in [-0.1, -0.05) is 18.2 Å². The maximum atomic E-state index is 12.5. The minimum absolute atomic E-state index is 0.170. The van der Waals surface area contributed by atoms with Gasteiger partial charge in [0.05, 0.1) is 17.0 Å². The van der Waals surface area contributed by atoms with E-state index in [1.165, 1.54) is 13.0 Å². The molecule has 0 spiro atoms. The van der Waals surface area contributed by atoms with E-state index < -0.39 is 11.9 Å². The topological polar surface area (TPSA) is 81.7 Å². The van der Waals surface area contributed by atoms with E-state index in [-0.39, 0.29) is 24.1 Å². The van der Waals surface area contributed by atoms with Crippen LogP contribution in [0.3, 0.4) is 0 Å². The Morgan fingerprint density at radius 1 is 1.27 bits per heavy atom. The number of hydrogen-bond acceptors (Lipinski definition) is 6. The fourth-order valence-corrected chi connectivity index (χ4v) is 4.25. The number of Topliss-reactive ketones (excluding diaryl/α,β-unsaturated/α-hetero) is 1. The number of fused-ring (bicyclic) bond motifs is 1. The molecule has 1 N–H and O–H groups in total. The zero-order valence-electron chi connectivity index (χ0n) is 17.3. The Balaban J connectivity index is 1.83. The predicted molar refractivity (Wildman–Crippen MR) is 117 cm³/mol. The van der Waals surface area contributed by atoms with E-state index in [1.54, 1.807) is 19.9 Å². The van der Waals surface area contributed by atoms with E-state index in [9.17, 15) is 14.4 Å². The normalized spacial score (nSPS) is 15.2. The minimum Gasteiger partial charge on any atom is -0.485 e. The first-order chi connectivity index (χ1) is 14.3. The third-order valence-corrected chi connectivity index (χ3v) is 5.93. The number of esters is 1. The number of anilines is 1. The van der Waals surface area contributed by atoms with E-state index >= 15 is 0 Å². The Bertz CT molecular complexity index is 1060. The van der Waals surface area contributed by atoms with Crippen LogP contribution in [0.1, 0.15) is 51.9 Å². The highest BCUT2D eigenvalue weighted by Gasteiger charge is 2.25. The summed E-state index contributed by atoms with van der Waals surface area (Å²) in [7, 11) is 0.